The van der Waals surface area contributed by atoms with Crippen molar-refractivity contribution in [2.75, 3.05) is 20.2 Å². The van der Waals surface area contributed by atoms with Crippen LogP contribution in [0.4, 0.5) is 0 Å². The van der Waals surface area contributed by atoms with E-state index in [-0.39, 0.29) is 30.6 Å². The summed E-state index contributed by atoms with van der Waals surface area (Å²) in [5, 5.41) is 9.09. The molecule has 1 aliphatic rings. The average Bonchev–Trinajstić information content (AvgIpc) is 2.90. The highest BCUT2D eigenvalue weighted by Gasteiger charge is 2.25. The van der Waals surface area contributed by atoms with Gasteiger partial charge in [0, 0.05) is 13.0 Å². The van der Waals surface area contributed by atoms with Gasteiger partial charge in [-0.05, 0) is 95.6 Å². The van der Waals surface area contributed by atoms with E-state index >= 15 is 0 Å². The monoisotopic (exact) mass is 555 g/mol. The number of ether oxygens (including phenoxy) is 2. The molecule has 3 N–H and O–H groups in total. The van der Waals surface area contributed by atoms with E-state index in [1.54, 1.807) is 20.8 Å². The molecule has 0 saturated carbocycles. The number of carbonyl (C=O) groups is 3. The second kappa shape index (κ2) is 16.9. The Morgan fingerprint density at radius 3 is 2.55 bits per heavy atom. The topological polar surface area (TPSA) is 106 Å². The Bertz CT molecular complexity index is 1030. The second-order valence-corrected chi connectivity index (χ2v) is 11.5. The molecule has 0 aromatic heterocycles. The van der Waals surface area contributed by atoms with Crippen molar-refractivity contribution < 1.29 is 23.9 Å². The maximum Gasteiger partial charge on any atom is 0.306 e. The van der Waals surface area contributed by atoms with Gasteiger partial charge in [0.25, 0.3) is 0 Å². The molecule has 0 bridgehead atoms. The molecule has 1 aromatic rings. The molecule has 2 rings (SSSR count). The minimum atomic E-state index is -0.717. The van der Waals surface area contributed by atoms with E-state index in [0.717, 1.165) is 42.7 Å². The first-order valence-corrected chi connectivity index (χ1v) is 14.5. The highest BCUT2D eigenvalue weighted by atomic mass is 16.6. The molecule has 1 aromatic carbocycles. The molecule has 0 radical (unpaired) electrons. The van der Waals surface area contributed by atoms with E-state index in [9.17, 15) is 14.4 Å². The smallest absolute Gasteiger partial charge is 0.306 e. The third kappa shape index (κ3) is 12.8. The molecule has 0 spiro atoms. The zero-order valence-electron chi connectivity index (χ0n) is 25.2. The van der Waals surface area contributed by atoms with E-state index < -0.39 is 17.6 Å². The van der Waals surface area contributed by atoms with Crippen molar-refractivity contribution in [1.82, 2.24) is 16.0 Å². The first-order valence-electron chi connectivity index (χ1n) is 14.5. The second-order valence-electron chi connectivity index (χ2n) is 11.5. The van der Waals surface area contributed by atoms with Gasteiger partial charge in [-0.15, -0.1) is 0 Å². The highest BCUT2D eigenvalue weighted by Crippen LogP contribution is 2.20. The van der Waals surface area contributed by atoms with E-state index in [4.69, 9.17) is 9.47 Å². The Kier molecular flexibility index (Phi) is 13.9. The van der Waals surface area contributed by atoms with Crippen LogP contribution >= 0.6 is 0 Å². The van der Waals surface area contributed by atoms with Crippen molar-refractivity contribution in [3.05, 3.63) is 53.6 Å². The predicted molar refractivity (Wildman–Crippen MR) is 159 cm³/mol. The van der Waals surface area contributed by atoms with Crippen molar-refractivity contribution in [1.29, 1.82) is 0 Å². The fraction of sp³-hybridized carbons (Fsp3) is 0.594. The van der Waals surface area contributed by atoms with Crippen molar-refractivity contribution in [3.63, 3.8) is 0 Å². The predicted octanol–water partition coefficient (Wildman–Crippen LogP) is 4.75. The van der Waals surface area contributed by atoms with Crippen LogP contribution in [0.25, 0.3) is 0 Å². The summed E-state index contributed by atoms with van der Waals surface area (Å²) in [4.78, 5) is 38.0. The minimum Gasteiger partial charge on any atom is -0.494 e. The number of esters is 1. The van der Waals surface area contributed by atoms with Crippen LogP contribution in [-0.2, 0) is 25.7 Å². The van der Waals surface area contributed by atoms with Crippen LogP contribution in [0.1, 0.15) is 77.3 Å². The maximum atomic E-state index is 13.3. The van der Waals surface area contributed by atoms with Crippen molar-refractivity contribution >= 4 is 17.8 Å². The molecular formula is C32H49N3O5. The van der Waals surface area contributed by atoms with E-state index in [1.165, 1.54) is 0 Å². The van der Waals surface area contributed by atoms with Crippen LogP contribution in [0, 0.1) is 18.8 Å². The fourth-order valence-electron chi connectivity index (χ4n) is 4.53. The lowest BCUT2D eigenvalue weighted by Crippen LogP contribution is -2.47. The third-order valence-corrected chi connectivity index (χ3v) is 6.87. The summed E-state index contributed by atoms with van der Waals surface area (Å²) in [7, 11) is 1.97. The van der Waals surface area contributed by atoms with Gasteiger partial charge < -0.3 is 25.4 Å². The molecule has 40 heavy (non-hydrogen) atoms. The summed E-state index contributed by atoms with van der Waals surface area (Å²) in [5.41, 5.74) is 1.40. The molecule has 3 atom stereocenters. The normalized spacial score (nSPS) is 16.2. The zero-order valence-corrected chi connectivity index (χ0v) is 25.2. The summed E-state index contributed by atoms with van der Waals surface area (Å²) in [6.45, 7) is 11.5. The van der Waals surface area contributed by atoms with E-state index in [1.807, 2.05) is 44.3 Å². The lowest BCUT2D eigenvalue weighted by Gasteiger charge is -2.23. The Morgan fingerprint density at radius 2 is 1.90 bits per heavy atom. The average molecular weight is 556 g/mol. The van der Waals surface area contributed by atoms with Gasteiger partial charge >= 0.3 is 5.97 Å². The first-order chi connectivity index (χ1) is 19.0. The number of nitrogens with one attached hydrogen (secondary N) is 3. The molecule has 0 saturated heterocycles. The van der Waals surface area contributed by atoms with Gasteiger partial charge in [0.2, 0.25) is 11.8 Å². The lowest BCUT2D eigenvalue weighted by atomic mass is 9.92. The van der Waals surface area contributed by atoms with Crippen LogP contribution in [0.5, 0.6) is 5.75 Å². The summed E-state index contributed by atoms with van der Waals surface area (Å²) in [5.74, 6) is 0.447. The van der Waals surface area contributed by atoms with Crippen LogP contribution in [0.15, 0.2) is 42.5 Å². The number of rotatable bonds is 16. The van der Waals surface area contributed by atoms with Crippen molar-refractivity contribution in [3.8, 4) is 5.75 Å². The Morgan fingerprint density at radius 1 is 1.12 bits per heavy atom. The molecular weight excluding hydrogens is 506 g/mol. The van der Waals surface area contributed by atoms with Gasteiger partial charge in [-0.3, -0.25) is 14.4 Å². The number of hydrogen-bond acceptors (Lipinski definition) is 6. The fourth-order valence-corrected chi connectivity index (χ4v) is 4.53. The summed E-state index contributed by atoms with van der Waals surface area (Å²) in [6, 6.07) is 5.20. The maximum absolute atomic E-state index is 13.3. The number of amides is 2. The molecule has 8 nitrogen and oxygen atoms in total. The van der Waals surface area contributed by atoms with Crippen LogP contribution in [-0.4, -0.2) is 49.6 Å². The molecule has 0 fully saturated rings. The molecule has 0 aliphatic heterocycles. The van der Waals surface area contributed by atoms with Crippen molar-refractivity contribution in [2.45, 2.75) is 91.3 Å². The molecule has 222 valence electrons. The molecule has 0 heterocycles. The number of hydrogen-bond donors (Lipinski definition) is 3. The van der Waals surface area contributed by atoms with Gasteiger partial charge in [-0.1, -0.05) is 43.7 Å². The van der Waals surface area contributed by atoms with Gasteiger partial charge in [-0.25, -0.2) is 0 Å². The number of benzene rings is 1. The third-order valence-electron chi connectivity index (χ3n) is 6.87. The SMILES string of the molecule is CCC(CCOc1ccc(C)c(CNC(=O)[C@H](CC2C=CC=CC2)NC(=O)CCC(=O)OC(C)(C)C)c1)CNC. The Balaban J connectivity index is 1.98. The summed E-state index contributed by atoms with van der Waals surface area (Å²) < 4.78 is 11.3. The first kappa shape index (κ1) is 33.1. The minimum absolute atomic E-state index is 0.0369. The number of carbonyl (C=O) groups excluding carboxylic acids is 3. The van der Waals surface area contributed by atoms with Crippen molar-refractivity contribution in [2.24, 2.45) is 11.8 Å². The standard InChI is InChI=1S/C32H49N3O5/c1-7-24(21-33-6)17-18-39-27-14-13-23(2)26(20-27)22-34-31(38)28(19-25-11-9-8-10-12-25)35-29(36)15-16-30(37)40-32(3,4)5/h8-11,13-14,20,24-25,28,33H,7,12,15-19,21-22H2,1-6H3,(H,34,38)(H,35,36)/t24?,25?,28-/m0/s1. The Hall–Kier alpha value is -3.13. The molecule has 1 aliphatic carbocycles. The van der Waals surface area contributed by atoms with Gasteiger partial charge in [-0.2, -0.15) is 0 Å². The summed E-state index contributed by atoms with van der Waals surface area (Å²) >= 11 is 0. The van der Waals surface area contributed by atoms with Crippen LogP contribution in [0.3, 0.4) is 0 Å². The van der Waals surface area contributed by atoms with Gasteiger partial charge in [0.1, 0.15) is 17.4 Å². The van der Waals surface area contributed by atoms with E-state index in [2.05, 4.69) is 35.0 Å². The lowest BCUT2D eigenvalue weighted by molar-refractivity contribution is -0.155. The molecule has 2 unspecified atom stereocenters. The number of aryl methyl sites for hydroxylation is 1. The molecule has 2 amide bonds. The highest BCUT2D eigenvalue weighted by molar-refractivity contribution is 5.88. The number of allylic oxidation sites excluding steroid dienone is 4. The Labute approximate surface area is 240 Å². The quantitative estimate of drug-likeness (QED) is 0.254. The summed E-state index contributed by atoms with van der Waals surface area (Å²) in [6.07, 6.45) is 11.3. The largest absolute Gasteiger partial charge is 0.494 e. The van der Waals surface area contributed by atoms with Crippen LogP contribution < -0.4 is 20.7 Å². The van der Waals surface area contributed by atoms with Gasteiger partial charge in [0.05, 0.1) is 13.0 Å². The zero-order chi connectivity index (χ0) is 29.5. The van der Waals surface area contributed by atoms with Gasteiger partial charge in [0.15, 0.2) is 0 Å². The molecule has 8 heteroatoms. The van der Waals surface area contributed by atoms with E-state index in [0.29, 0.717) is 25.5 Å². The van der Waals surface area contributed by atoms with Crippen LogP contribution in [0.2, 0.25) is 0 Å².